The van der Waals surface area contributed by atoms with E-state index in [0.29, 0.717) is 6.42 Å². The van der Waals surface area contributed by atoms with Crippen molar-refractivity contribution in [2.45, 2.75) is 45.6 Å². The summed E-state index contributed by atoms with van der Waals surface area (Å²) in [4.78, 5) is 10.9. The molecule has 0 aliphatic carbocycles. The van der Waals surface area contributed by atoms with Gasteiger partial charge in [0.25, 0.3) is 0 Å². The summed E-state index contributed by atoms with van der Waals surface area (Å²) in [5.74, 6) is -0.167. The Bertz CT molecular complexity index is 174. The molecule has 0 saturated carbocycles. The van der Waals surface area contributed by atoms with Crippen LogP contribution >= 0.6 is 0 Å². The minimum absolute atomic E-state index is 0.167. The molecule has 0 rings (SSSR count). The van der Waals surface area contributed by atoms with E-state index in [1.54, 1.807) is 0 Å². The summed E-state index contributed by atoms with van der Waals surface area (Å²) in [5.41, 5.74) is 0. The molecule has 0 aromatic heterocycles. The van der Waals surface area contributed by atoms with Crippen LogP contribution in [0.3, 0.4) is 0 Å². The molecule has 0 radical (unpaired) electrons. The summed E-state index contributed by atoms with van der Waals surface area (Å²) in [6, 6.07) is 0.170. The number of hydrogen-bond acceptors (Lipinski definition) is 4. The van der Waals surface area contributed by atoms with E-state index in [4.69, 9.17) is 4.74 Å². The van der Waals surface area contributed by atoms with Crippen LogP contribution in [0.25, 0.3) is 0 Å². The van der Waals surface area contributed by atoms with E-state index in [0.717, 1.165) is 32.6 Å². The van der Waals surface area contributed by atoms with Crippen LogP contribution in [-0.4, -0.2) is 38.9 Å². The van der Waals surface area contributed by atoms with Gasteiger partial charge in [0.05, 0.1) is 13.5 Å². The van der Waals surface area contributed by atoms with Gasteiger partial charge in [-0.2, -0.15) is 0 Å². The Hall–Kier alpha value is -0.610. The molecule has 16 heavy (non-hydrogen) atoms. The zero-order chi connectivity index (χ0) is 12.2. The molecule has 0 bridgehead atoms. The van der Waals surface area contributed by atoms with Crippen molar-refractivity contribution in [3.05, 3.63) is 0 Å². The smallest absolute Gasteiger partial charge is 0.307 e. The maximum atomic E-state index is 10.9. The van der Waals surface area contributed by atoms with Gasteiger partial charge in [-0.3, -0.25) is 4.79 Å². The van der Waals surface area contributed by atoms with Gasteiger partial charge in [0.15, 0.2) is 0 Å². The van der Waals surface area contributed by atoms with Crippen LogP contribution in [0.5, 0.6) is 0 Å². The highest BCUT2D eigenvalue weighted by Crippen LogP contribution is 1.94. The fourth-order valence-corrected chi connectivity index (χ4v) is 1.28. The highest BCUT2D eigenvalue weighted by molar-refractivity contribution is 5.69. The summed E-state index contributed by atoms with van der Waals surface area (Å²) >= 11 is 0. The predicted molar refractivity (Wildman–Crippen MR) is 64.4 cm³/mol. The predicted octanol–water partition coefficient (Wildman–Crippen LogP) is 1.73. The second kappa shape index (κ2) is 10.9. The van der Waals surface area contributed by atoms with Gasteiger partial charge in [-0.15, -0.1) is 0 Å². The maximum Gasteiger partial charge on any atom is 0.307 e. The standard InChI is InChI=1S/C12H25NO3/c1-4-5-8-16-9-6-7-13-11(2)10-12(14)15-3/h11,13H,4-10H2,1-3H3. The lowest BCUT2D eigenvalue weighted by Crippen LogP contribution is -2.30. The fraction of sp³-hybridized carbons (Fsp3) is 0.917. The number of rotatable bonds is 10. The lowest BCUT2D eigenvalue weighted by atomic mass is 10.2. The molecule has 0 spiro atoms. The SMILES string of the molecule is CCCCOCCCNC(C)CC(=O)OC. The van der Waals surface area contributed by atoms with Gasteiger partial charge in [-0.25, -0.2) is 0 Å². The van der Waals surface area contributed by atoms with Gasteiger partial charge in [0.1, 0.15) is 0 Å². The highest BCUT2D eigenvalue weighted by atomic mass is 16.5. The van der Waals surface area contributed by atoms with Crippen molar-refractivity contribution < 1.29 is 14.3 Å². The normalized spacial score (nSPS) is 12.4. The average Bonchev–Trinajstić information content (AvgIpc) is 2.27. The maximum absolute atomic E-state index is 10.9. The number of nitrogens with one attached hydrogen (secondary N) is 1. The molecule has 0 fully saturated rings. The van der Waals surface area contributed by atoms with Crippen molar-refractivity contribution in [3.63, 3.8) is 0 Å². The van der Waals surface area contributed by atoms with Gasteiger partial charge in [0.2, 0.25) is 0 Å². The van der Waals surface area contributed by atoms with Crippen molar-refractivity contribution in [2.75, 3.05) is 26.9 Å². The monoisotopic (exact) mass is 231 g/mol. The van der Waals surface area contributed by atoms with E-state index < -0.39 is 0 Å². The van der Waals surface area contributed by atoms with E-state index in [9.17, 15) is 4.79 Å². The molecule has 1 atom stereocenters. The number of carbonyl (C=O) groups is 1. The summed E-state index contributed by atoms with van der Waals surface area (Å²) < 4.78 is 10.0. The Labute approximate surface area is 98.7 Å². The van der Waals surface area contributed by atoms with Crippen LogP contribution in [0.4, 0.5) is 0 Å². The lowest BCUT2D eigenvalue weighted by molar-refractivity contribution is -0.141. The minimum atomic E-state index is -0.167. The topological polar surface area (TPSA) is 47.6 Å². The third-order valence-electron chi connectivity index (χ3n) is 2.30. The molecule has 1 unspecified atom stereocenters. The number of methoxy groups -OCH3 is 1. The molecule has 0 amide bonds. The fourth-order valence-electron chi connectivity index (χ4n) is 1.28. The zero-order valence-corrected chi connectivity index (χ0v) is 10.8. The van der Waals surface area contributed by atoms with Crippen molar-refractivity contribution >= 4 is 5.97 Å². The molecular formula is C12H25NO3. The second-order valence-electron chi connectivity index (χ2n) is 3.95. The van der Waals surface area contributed by atoms with E-state index >= 15 is 0 Å². The summed E-state index contributed by atoms with van der Waals surface area (Å²) in [6.45, 7) is 6.66. The molecule has 4 nitrogen and oxygen atoms in total. The molecule has 0 aliphatic rings. The van der Waals surface area contributed by atoms with Crippen LogP contribution in [0, 0.1) is 0 Å². The van der Waals surface area contributed by atoms with Gasteiger partial charge < -0.3 is 14.8 Å². The highest BCUT2D eigenvalue weighted by Gasteiger charge is 2.07. The van der Waals surface area contributed by atoms with Crippen LogP contribution in [0.2, 0.25) is 0 Å². The number of hydrogen-bond donors (Lipinski definition) is 1. The number of esters is 1. The van der Waals surface area contributed by atoms with Crippen molar-refractivity contribution in [2.24, 2.45) is 0 Å². The Morgan fingerprint density at radius 3 is 2.62 bits per heavy atom. The van der Waals surface area contributed by atoms with Crippen LogP contribution in [-0.2, 0) is 14.3 Å². The minimum Gasteiger partial charge on any atom is -0.469 e. The largest absolute Gasteiger partial charge is 0.469 e. The van der Waals surface area contributed by atoms with Crippen molar-refractivity contribution in [1.29, 1.82) is 0 Å². The number of unbranched alkanes of at least 4 members (excludes halogenated alkanes) is 1. The van der Waals surface area contributed by atoms with Crippen molar-refractivity contribution in [1.82, 2.24) is 5.32 Å². The number of carbonyl (C=O) groups excluding carboxylic acids is 1. The molecule has 96 valence electrons. The molecule has 0 heterocycles. The van der Waals surface area contributed by atoms with Crippen LogP contribution in [0.15, 0.2) is 0 Å². The van der Waals surface area contributed by atoms with Crippen LogP contribution in [0.1, 0.15) is 39.5 Å². The van der Waals surface area contributed by atoms with E-state index in [-0.39, 0.29) is 12.0 Å². The van der Waals surface area contributed by atoms with Gasteiger partial charge >= 0.3 is 5.97 Å². The van der Waals surface area contributed by atoms with Crippen LogP contribution < -0.4 is 5.32 Å². The first kappa shape index (κ1) is 15.4. The quantitative estimate of drug-likeness (QED) is 0.459. The first-order valence-corrected chi connectivity index (χ1v) is 6.08. The van der Waals surface area contributed by atoms with E-state index in [1.807, 2.05) is 6.92 Å². The first-order valence-electron chi connectivity index (χ1n) is 6.08. The lowest BCUT2D eigenvalue weighted by Gasteiger charge is -2.12. The Kier molecular flexibility index (Phi) is 10.5. The van der Waals surface area contributed by atoms with Gasteiger partial charge in [-0.05, 0) is 26.3 Å². The molecule has 0 aromatic carbocycles. The number of ether oxygens (including phenoxy) is 2. The third kappa shape index (κ3) is 9.93. The third-order valence-corrected chi connectivity index (χ3v) is 2.30. The van der Waals surface area contributed by atoms with Gasteiger partial charge in [-0.1, -0.05) is 13.3 Å². The van der Waals surface area contributed by atoms with E-state index in [1.165, 1.54) is 13.5 Å². The molecule has 0 aromatic rings. The average molecular weight is 231 g/mol. The first-order chi connectivity index (χ1) is 7.70. The molecule has 0 saturated heterocycles. The van der Waals surface area contributed by atoms with Gasteiger partial charge in [0, 0.05) is 19.3 Å². The summed E-state index contributed by atoms with van der Waals surface area (Å²) in [7, 11) is 1.41. The Balaban J connectivity index is 3.21. The molecular weight excluding hydrogens is 206 g/mol. The van der Waals surface area contributed by atoms with E-state index in [2.05, 4.69) is 17.0 Å². The Morgan fingerprint density at radius 2 is 2.00 bits per heavy atom. The Morgan fingerprint density at radius 1 is 1.31 bits per heavy atom. The second-order valence-corrected chi connectivity index (χ2v) is 3.95. The molecule has 1 N–H and O–H groups in total. The molecule has 4 heteroatoms. The summed E-state index contributed by atoms with van der Waals surface area (Å²) in [5, 5.41) is 3.26. The zero-order valence-electron chi connectivity index (χ0n) is 10.8. The molecule has 0 aliphatic heterocycles. The summed E-state index contributed by atoms with van der Waals surface area (Å²) in [6.07, 6.45) is 3.71. The van der Waals surface area contributed by atoms with Crippen molar-refractivity contribution in [3.8, 4) is 0 Å².